The zero-order valence-electron chi connectivity index (χ0n) is 19.1. The summed E-state index contributed by atoms with van der Waals surface area (Å²) in [6.45, 7) is 4.62. The van der Waals surface area contributed by atoms with E-state index in [1.54, 1.807) is 13.8 Å². The van der Waals surface area contributed by atoms with Gasteiger partial charge in [-0.15, -0.1) is 0 Å². The first-order valence-electron chi connectivity index (χ1n) is 10.4. The number of nitrogens with two attached hydrogens (primary N) is 1. The molecule has 3 N–H and O–H groups in total. The first-order valence-corrected chi connectivity index (χ1v) is 10.4. The van der Waals surface area contributed by atoms with Crippen molar-refractivity contribution in [3.8, 4) is 0 Å². The fraction of sp³-hybridized carbons (Fsp3) is 0.208. The number of hydrogen-bond donors (Lipinski definition) is 2. The van der Waals surface area contributed by atoms with Crippen molar-refractivity contribution in [1.29, 1.82) is 0 Å². The number of hydrogen-bond acceptors (Lipinski definition) is 7. The van der Waals surface area contributed by atoms with Crippen LogP contribution < -0.4 is 11.1 Å². The van der Waals surface area contributed by atoms with Gasteiger partial charge in [0.05, 0.1) is 22.0 Å². The van der Waals surface area contributed by atoms with Gasteiger partial charge in [0.15, 0.2) is 6.61 Å². The van der Waals surface area contributed by atoms with Crippen LogP contribution in [-0.2, 0) is 20.9 Å². The van der Waals surface area contributed by atoms with E-state index in [1.165, 1.54) is 24.3 Å². The third kappa shape index (κ3) is 5.85. The highest BCUT2D eigenvalue weighted by Gasteiger charge is 2.15. The smallest absolute Gasteiger partial charge is 0.326 e. The first-order chi connectivity index (χ1) is 16.2. The van der Waals surface area contributed by atoms with E-state index in [0.717, 1.165) is 16.6 Å². The van der Waals surface area contributed by atoms with Crippen molar-refractivity contribution in [3.05, 3.63) is 81.8 Å². The average Bonchev–Trinajstić information content (AvgIpc) is 3.11. The van der Waals surface area contributed by atoms with Gasteiger partial charge in [-0.05, 0) is 50.4 Å². The minimum Gasteiger partial charge on any atom is -0.454 e. The summed E-state index contributed by atoms with van der Waals surface area (Å²) in [6.07, 6.45) is 0. The molecule has 1 heterocycles. The number of aromatic nitrogens is 1. The van der Waals surface area contributed by atoms with Gasteiger partial charge in [-0.25, -0.2) is 0 Å². The van der Waals surface area contributed by atoms with Crippen LogP contribution in [0.2, 0.25) is 0 Å². The van der Waals surface area contributed by atoms with E-state index in [9.17, 15) is 19.7 Å². The number of non-ortho nitro benzene ring substituents is 1. The van der Waals surface area contributed by atoms with Crippen LogP contribution in [0.25, 0.3) is 10.9 Å². The number of amides is 1. The van der Waals surface area contributed by atoms with Gasteiger partial charge in [0, 0.05) is 29.0 Å². The van der Waals surface area contributed by atoms with Crippen LogP contribution >= 0.6 is 0 Å². The summed E-state index contributed by atoms with van der Waals surface area (Å²) in [4.78, 5) is 39.4. The predicted octanol–water partition coefficient (Wildman–Crippen LogP) is 3.50. The largest absolute Gasteiger partial charge is 0.454 e. The van der Waals surface area contributed by atoms with Gasteiger partial charge in [-0.1, -0.05) is 18.2 Å². The number of carbonyl (C=O) groups excluding carboxylic acids is 2. The molecule has 0 unspecified atom stereocenters. The summed E-state index contributed by atoms with van der Waals surface area (Å²) in [7, 11) is 0. The van der Waals surface area contributed by atoms with E-state index >= 15 is 0 Å². The Morgan fingerprint density at radius 2 is 1.82 bits per heavy atom. The summed E-state index contributed by atoms with van der Waals surface area (Å²) >= 11 is 0. The topological polar surface area (TPSA) is 142 Å². The van der Waals surface area contributed by atoms with Crippen molar-refractivity contribution < 1.29 is 19.2 Å². The van der Waals surface area contributed by atoms with Crippen molar-refractivity contribution in [2.75, 3.05) is 6.61 Å². The monoisotopic (exact) mass is 463 g/mol. The molecule has 0 radical (unpaired) electrons. The van der Waals surface area contributed by atoms with E-state index in [1.807, 2.05) is 41.8 Å². The number of nitrogens with one attached hydrogen (secondary N) is 1. The highest BCUT2D eigenvalue weighted by atomic mass is 16.6. The molecule has 3 aromatic rings. The number of nitrogens with zero attached hydrogens (tertiary/aromatic N) is 3. The van der Waals surface area contributed by atoms with Crippen LogP contribution in [0.4, 0.5) is 11.4 Å². The Morgan fingerprint density at radius 1 is 1.15 bits per heavy atom. The summed E-state index contributed by atoms with van der Waals surface area (Å²) < 4.78 is 6.98. The number of fused-ring (bicyclic) bond motifs is 1. The van der Waals surface area contributed by atoms with Gasteiger partial charge in [0.25, 0.3) is 11.6 Å². The molecular formula is C24H25N5O5. The number of nitro benzene ring substituents is 1. The van der Waals surface area contributed by atoms with Gasteiger partial charge < -0.3 is 20.4 Å². The number of aliphatic imine (C=N–C) groups is 1. The van der Waals surface area contributed by atoms with E-state index in [2.05, 4.69) is 10.3 Å². The normalized spacial score (nSPS) is 12.3. The molecule has 1 aromatic heterocycles. The number of rotatable bonds is 8. The number of aryl methyl sites for hydroxylation is 1. The molecule has 0 aliphatic rings. The van der Waals surface area contributed by atoms with E-state index in [-0.39, 0.29) is 17.9 Å². The lowest BCUT2D eigenvalue weighted by atomic mass is 10.2. The molecule has 0 aliphatic carbocycles. The van der Waals surface area contributed by atoms with Gasteiger partial charge in [0.2, 0.25) is 0 Å². The van der Waals surface area contributed by atoms with Gasteiger partial charge in [-0.2, -0.15) is 0 Å². The lowest BCUT2D eigenvalue weighted by molar-refractivity contribution is -0.384. The van der Waals surface area contributed by atoms with Crippen LogP contribution in [0.5, 0.6) is 0 Å². The maximum absolute atomic E-state index is 12.4. The second kappa shape index (κ2) is 10.4. The number of carbonyl (C=O) groups is 2. The molecule has 0 fully saturated rings. The van der Waals surface area contributed by atoms with Crippen LogP contribution in [0.15, 0.2) is 71.0 Å². The van der Waals surface area contributed by atoms with Crippen molar-refractivity contribution in [2.45, 2.75) is 27.3 Å². The Kier molecular flexibility index (Phi) is 7.42. The number of allylic oxidation sites excluding steroid dienone is 2. The number of nitro groups is 1. The summed E-state index contributed by atoms with van der Waals surface area (Å²) in [6, 6.07) is 15.3. The second-order valence-corrected chi connectivity index (χ2v) is 7.67. The van der Waals surface area contributed by atoms with Crippen LogP contribution in [0, 0.1) is 17.0 Å². The lowest BCUT2D eigenvalue weighted by Crippen LogP contribution is -2.33. The highest BCUT2D eigenvalue weighted by molar-refractivity contribution is 6.03. The molecule has 0 spiro atoms. The van der Waals surface area contributed by atoms with Crippen molar-refractivity contribution >= 4 is 39.9 Å². The van der Waals surface area contributed by atoms with Gasteiger partial charge >= 0.3 is 5.97 Å². The van der Waals surface area contributed by atoms with Crippen LogP contribution in [0.3, 0.4) is 0 Å². The van der Waals surface area contributed by atoms with E-state index in [0.29, 0.717) is 17.1 Å². The molecule has 0 aliphatic heterocycles. The number of ether oxygens (including phenoxy) is 1. The zero-order chi connectivity index (χ0) is 24.8. The fourth-order valence-electron chi connectivity index (χ4n) is 3.43. The zero-order valence-corrected chi connectivity index (χ0v) is 19.1. The molecule has 0 atom stereocenters. The molecule has 34 heavy (non-hydrogen) atoms. The maximum atomic E-state index is 12.4. The molecule has 10 heteroatoms. The minimum atomic E-state index is -0.569. The van der Waals surface area contributed by atoms with Crippen LogP contribution in [-0.4, -0.2) is 33.7 Å². The molecule has 0 saturated carbocycles. The maximum Gasteiger partial charge on any atom is 0.326 e. The standard InChI is InChI=1S/C24H25N5O5/c1-15-12-18-6-4-5-7-21(18)28(15)13-23(31)34-14-22(30)27-24(16(2)25)17(3)26-19-8-10-20(11-9-19)29(32)33/h4-12H,13-14,25H2,1-3H3,(H,27,30). The number of esters is 1. The summed E-state index contributed by atoms with van der Waals surface area (Å²) in [5.41, 5.74) is 9.08. The molecule has 3 rings (SSSR count). The van der Waals surface area contributed by atoms with E-state index in [4.69, 9.17) is 10.5 Å². The molecule has 176 valence electrons. The van der Waals surface area contributed by atoms with Crippen molar-refractivity contribution in [3.63, 3.8) is 0 Å². The third-order valence-corrected chi connectivity index (χ3v) is 5.05. The predicted molar refractivity (Wildman–Crippen MR) is 129 cm³/mol. The Morgan fingerprint density at radius 3 is 2.47 bits per heavy atom. The SMILES string of the molecule is CC(=Nc1ccc([N+](=O)[O-])cc1)C(NC(=O)COC(=O)Cn1c(C)cc2ccccc21)=C(C)N. The molecule has 10 nitrogen and oxygen atoms in total. The molecule has 2 aromatic carbocycles. The van der Waals surface area contributed by atoms with E-state index < -0.39 is 23.4 Å². The first kappa shape index (κ1) is 24.2. The average molecular weight is 463 g/mol. The van der Waals surface area contributed by atoms with Crippen molar-refractivity contribution in [1.82, 2.24) is 9.88 Å². The number of para-hydroxylation sites is 1. The quantitative estimate of drug-likeness (QED) is 0.227. The minimum absolute atomic E-state index is 0.0220. The molecular weight excluding hydrogens is 438 g/mol. The lowest BCUT2D eigenvalue weighted by Gasteiger charge is -2.13. The summed E-state index contributed by atoms with van der Waals surface area (Å²) in [5.74, 6) is -1.12. The third-order valence-electron chi connectivity index (χ3n) is 5.05. The van der Waals surface area contributed by atoms with Crippen LogP contribution in [0.1, 0.15) is 19.5 Å². The molecule has 0 bridgehead atoms. The Labute approximate surface area is 195 Å². The Hall–Kier alpha value is -4.47. The highest BCUT2D eigenvalue weighted by Crippen LogP contribution is 2.20. The number of benzene rings is 2. The fourth-order valence-corrected chi connectivity index (χ4v) is 3.43. The molecule has 1 amide bonds. The Balaban J connectivity index is 1.61. The molecule has 0 saturated heterocycles. The van der Waals surface area contributed by atoms with Gasteiger partial charge in [-0.3, -0.25) is 24.7 Å². The second-order valence-electron chi connectivity index (χ2n) is 7.67. The summed E-state index contributed by atoms with van der Waals surface area (Å²) in [5, 5.41) is 14.4. The van der Waals surface area contributed by atoms with Crippen molar-refractivity contribution in [2.24, 2.45) is 10.7 Å². The Bertz CT molecular complexity index is 1300. The van der Waals surface area contributed by atoms with Gasteiger partial charge in [0.1, 0.15) is 6.54 Å².